The second-order valence-electron chi connectivity index (χ2n) is 36.9. The van der Waals surface area contributed by atoms with Gasteiger partial charge in [0.05, 0.1) is 0 Å². The molecule has 0 bridgehead atoms. The van der Waals surface area contributed by atoms with Crippen molar-refractivity contribution in [2.24, 2.45) is 0 Å². The molecule has 16 rings (SSSR count). The monoisotopic (exact) mass is 1680 g/mol. The van der Waals surface area contributed by atoms with Gasteiger partial charge in [0.15, 0.2) is 0 Å². The van der Waals surface area contributed by atoms with Crippen molar-refractivity contribution in [2.75, 3.05) is 0 Å². The van der Waals surface area contributed by atoms with Crippen LogP contribution < -0.4 is 0 Å². The fraction of sp³-hybridized carbons (Fsp3) is 0.250. The third-order valence-corrected chi connectivity index (χ3v) is 25.6. The summed E-state index contributed by atoms with van der Waals surface area (Å²) in [5.41, 5.74) is 64.4. The summed E-state index contributed by atoms with van der Waals surface area (Å²) in [6.07, 6.45) is 0. The summed E-state index contributed by atoms with van der Waals surface area (Å²) in [6, 6.07) is 107. The van der Waals surface area contributed by atoms with Crippen LogP contribution in [0.3, 0.4) is 0 Å². The third-order valence-electron chi connectivity index (χ3n) is 25.6. The second-order valence-corrected chi connectivity index (χ2v) is 36.9. The van der Waals surface area contributed by atoms with Crippen molar-refractivity contribution in [1.82, 2.24) is 0 Å². The van der Waals surface area contributed by atoms with Gasteiger partial charge in [0, 0.05) is 0 Å². The molecular weight excluding hydrogens is 1540 g/mol. The van der Waals surface area contributed by atoms with E-state index in [9.17, 15) is 0 Å². The smallest absolute Gasteiger partial charge is 0.0154 e. The van der Waals surface area contributed by atoms with E-state index in [-0.39, 0.29) is 0 Å². The van der Waals surface area contributed by atoms with Gasteiger partial charge in [0.2, 0.25) is 0 Å². The van der Waals surface area contributed by atoms with E-state index in [1.807, 2.05) is 0 Å². The lowest BCUT2D eigenvalue weighted by atomic mass is 9.96. The van der Waals surface area contributed by atoms with Crippen LogP contribution in [0.25, 0.3) is 89.0 Å². The molecule has 0 aliphatic heterocycles. The zero-order chi connectivity index (χ0) is 93.7. The Morgan fingerprint density at radius 2 is 0.172 bits per heavy atom. The average molecular weight is 1680 g/mol. The van der Waals surface area contributed by atoms with Gasteiger partial charge in [0.25, 0.3) is 0 Å². The molecule has 0 heterocycles. The van der Waals surface area contributed by atoms with Crippen LogP contribution in [0, 0.1) is 222 Å². The molecule has 0 saturated carbocycles. The molecule has 0 fully saturated rings. The van der Waals surface area contributed by atoms with Gasteiger partial charge in [-0.05, 0) is 444 Å². The van der Waals surface area contributed by atoms with Crippen molar-refractivity contribution in [2.45, 2.75) is 222 Å². The number of rotatable bonds is 8. The van der Waals surface area contributed by atoms with Gasteiger partial charge >= 0.3 is 0 Å². The lowest BCUT2D eigenvalue weighted by molar-refractivity contribution is 1.33. The number of aryl methyl sites for hydroxylation is 32. The highest BCUT2D eigenvalue weighted by molar-refractivity contribution is 5.76. The Morgan fingerprint density at radius 1 is 0.0781 bits per heavy atom. The molecule has 128 heavy (non-hydrogen) atoms. The normalized spacial score (nSPS) is 10.5. The molecule has 0 amide bonds. The predicted molar refractivity (Wildman–Crippen MR) is 567 cm³/mol. The highest BCUT2D eigenvalue weighted by atomic mass is 14.2. The van der Waals surface area contributed by atoms with Gasteiger partial charge in [0.1, 0.15) is 0 Å². The number of hydrogen-bond donors (Lipinski definition) is 0. The van der Waals surface area contributed by atoms with E-state index in [1.165, 1.54) is 267 Å². The van der Waals surface area contributed by atoms with Crippen LogP contribution in [-0.4, -0.2) is 0 Å². The van der Waals surface area contributed by atoms with Crippen LogP contribution in [0.2, 0.25) is 0 Å². The molecule has 0 spiro atoms. The summed E-state index contributed by atoms with van der Waals surface area (Å²) in [5, 5.41) is 0. The number of benzene rings is 16. The average Bonchev–Trinajstić information content (AvgIpc) is 0.865. The third kappa shape index (κ3) is 27.8. The fourth-order valence-corrected chi connectivity index (χ4v) is 16.4. The molecule has 0 radical (unpaired) electrons. The molecule has 0 atom stereocenters. The molecule has 0 aliphatic carbocycles. The highest BCUT2D eigenvalue weighted by Gasteiger charge is 2.12. The first-order valence-electron chi connectivity index (χ1n) is 45.8. The van der Waals surface area contributed by atoms with Crippen LogP contribution >= 0.6 is 0 Å². The summed E-state index contributed by atoms with van der Waals surface area (Å²) < 4.78 is 0. The maximum atomic E-state index is 2.27. The van der Waals surface area contributed by atoms with Gasteiger partial charge in [-0.3, -0.25) is 0 Å². The highest BCUT2D eigenvalue weighted by Crippen LogP contribution is 2.35. The Hall–Kier alpha value is -12.5. The Balaban J connectivity index is 0.000000165. The summed E-state index contributed by atoms with van der Waals surface area (Å²) in [7, 11) is 0. The van der Waals surface area contributed by atoms with Gasteiger partial charge in [-0.2, -0.15) is 0 Å². The first kappa shape index (κ1) is 99.3. The first-order valence-corrected chi connectivity index (χ1v) is 45.8. The predicted octanol–water partition coefficient (Wildman–Crippen LogP) is 36.7. The molecule has 656 valence electrons. The van der Waals surface area contributed by atoms with Gasteiger partial charge in [-0.25, -0.2) is 0 Å². The Labute approximate surface area is 774 Å². The molecular formula is C128H144. The van der Waals surface area contributed by atoms with Gasteiger partial charge < -0.3 is 0 Å². The molecule has 16 aromatic carbocycles. The first-order chi connectivity index (χ1) is 60.6. The van der Waals surface area contributed by atoms with E-state index >= 15 is 0 Å². The Bertz CT molecular complexity index is 5360. The van der Waals surface area contributed by atoms with E-state index in [1.54, 1.807) is 0 Å². The minimum absolute atomic E-state index is 1.32. The summed E-state index contributed by atoms with van der Waals surface area (Å²) in [4.78, 5) is 0. The van der Waals surface area contributed by atoms with Crippen molar-refractivity contribution in [3.8, 4) is 89.0 Å². The van der Waals surface area contributed by atoms with Crippen molar-refractivity contribution in [3.63, 3.8) is 0 Å². The maximum Gasteiger partial charge on any atom is -0.0154 e. The zero-order valence-corrected chi connectivity index (χ0v) is 83.7. The summed E-state index contributed by atoms with van der Waals surface area (Å²) in [5.74, 6) is 0. The molecule has 0 aliphatic rings. The Kier molecular flexibility index (Phi) is 35.5. The zero-order valence-electron chi connectivity index (χ0n) is 83.7. The minimum atomic E-state index is 1.32. The van der Waals surface area contributed by atoms with Crippen LogP contribution in [-0.2, 0) is 0 Å². The van der Waals surface area contributed by atoms with Crippen LogP contribution in [0.15, 0.2) is 291 Å². The lowest BCUT2D eigenvalue weighted by Gasteiger charge is -2.09. The topological polar surface area (TPSA) is 0 Å². The van der Waals surface area contributed by atoms with E-state index in [0.717, 1.165) is 0 Å². The second kappa shape index (κ2) is 45.8. The van der Waals surface area contributed by atoms with E-state index < -0.39 is 0 Å². The van der Waals surface area contributed by atoms with E-state index in [0.29, 0.717) is 0 Å². The lowest BCUT2D eigenvalue weighted by Crippen LogP contribution is -1.87. The molecule has 0 nitrogen and oxygen atoms in total. The van der Waals surface area contributed by atoms with Gasteiger partial charge in [-0.15, -0.1) is 0 Å². The van der Waals surface area contributed by atoms with Crippen molar-refractivity contribution in [1.29, 1.82) is 0 Å². The fourth-order valence-electron chi connectivity index (χ4n) is 16.4. The van der Waals surface area contributed by atoms with Crippen LogP contribution in [0.1, 0.15) is 178 Å². The minimum Gasteiger partial charge on any atom is -0.0587 e. The van der Waals surface area contributed by atoms with Crippen LogP contribution in [0.5, 0.6) is 0 Å². The van der Waals surface area contributed by atoms with Crippen molar-refractivity contribution < 1.29 is 0 Å². The largest absolute Gasteiger partial charge is 0.0587 e. The Morgan fingerprint density at radius 3 is 0.250 bits per heavy atom. The van der Waals surface area contributed by atoms with Gasteiger partial charge in [-0.1, -0.05) is 336 Å². The molecule has 16 aromatic rings. The summed E-state index contributed by atoms with van der Waals surface area (Å²) in [6.45, 7) is 69.1. The van der Waals surface area contributed by atoms with Crippen LogP contribution in [0.4, 0.5) is 0 Å². The van der Waals surface area contributed by atoms with E-state index in [4.69, 9.17) is 0 Å². The van der Waals surface area contributed by atoms with Crippen molar-refractivity contribution >= 4 is 0 Å². The number of hydrogen-bond acceptors (Lipinski definition) is 0. The molecule has 0 aromatic heterocycles. The molecule has 0 saturated heterocycles. The SMILES string of the molecule is Cc1ccc(-c2ccc(C)c(C)c2)c(C)c1.Cc1ccc(-c2ccc(C)c(C)c2)c(C)c1.Cc1ccc(-c2ccc(C)c(C)c2)c(C)c1.Cc1ccc(-c2ccc(C)c(C)c2)c(C)c1.Cc1ccc(-c2ccc(C)c(C)c2)c(C)c1.Cc1ccc(-c2ccc(C)c(C)c2)c(C)c1.Cc1ccc(-c2ccc(C)c(C)c2)c(C)c1.Cc1ccc(-c2ccc(C)c(C)c2)c(C)c1. The quantitative estimate of drug-likeness (QED) is 0.142. The van der Waals surface area contributed by atoms with E-state index in [2.05, 4.69) is 513 Å². The standard InChI is InChI=1S/8C16H18/c8*1-11-5-8-16(14(4)9-11)15-7-6-12(2)13(3)10-15/h8*5-10H,1-4H3. The molecule has 0 heteroatoms. The van der Waals surface area contributed by atoms with Crippen molar-refractivity contribution in [3.05, 3.63) is 469 Å². The summed E-state index contributed by atoms with van der Waals surface area (Å²) >= 11 is 0. The molecule has 0 N–H and O–H groups in total. The maximum absolute atomic E-state index is 2.27. The molecule has 0 unspecified atom stereocenters.